The van der Waals surface area contributed by atoms with Crippen molar-refractivity contribution in [2.24, 2.45) is 0 Å². The molecule has 0 fully saturated rings. The Morgan fingerprint density at radius 2 is 1.67 bits per heavy atom. The lowest BCUT2D eigenvalue weighted by Gasteiger charge is -2.11. The lowest BCUT2D eigenvalue weighted by molar-refractivity contribution is 0.786. The quantitative estimate of drug-likeness (QED) is 0.461. The van der Waals surface area contributed by atoms with Crippen LogP contribution in [0.25, 0.3) is 28.1 Å². The molecule has 0 unspecified atom stereocenters. The zero-order chi connectivity index (χ0) is 20.8. The predicted octanol–water partition coefficient (Wildman–Crippen LogP) is 3.87. The van der Waals surface area contributed by atoms with Crippen LogP contribution in [0.15, 0.2) is 55.1 Å². The Labute approximate surface area is 174 Å². The molecule has 7 heteroatoms. The number of hydrogen-bond donors (Lipinski definition) is 0. The molecular formula is C23H23N7. The van der Waals surface area contributed by atoms with E-state index in [0.29, 0.717) is 5.82 Å². The molecule has 30 heavy (non-hydrogen) atoms. The third-order valence-corrected chi connectivity index (χ3v) is 5.68. The van der Waals surface area contributed by atoms with E-state index in [4.69, 9.17) is 9.97 Å². The van der Waals surface area contributed by atoms with Crippen molar-refractivity contribution in [1.29, 1.82) is 0 Å². The van der Waals surface area contributed by atoms with E-state index >= 15 is 0 Å². The fourth-order valence-electron chi connectivity index (χ4n) is 3.83. The lowest BCUT2D eigenvalue weighted by Crippen LogP contribution is -2.07. The number of fused-ring (bicyclic) bond motifs is 3. The van der Waals surface area contributed by atoms with Crippen LogP contribution in [0.5, 0.6) is 0 Å². The van der Waals surface area contributed by atoms with Crippen molar-refractivity contribution in [3.05, 3.63) is 71.9 Å². The van der Waals surface area contributed by atoms with Gasteiger partial charge in [0.2, 0.25) is 0 Å². The topological polar surface area (TPSA) is 64.1 Å². The highest BCUT2D eigenvalue weighted by Gasteiger charge is 2.18. The third kappa shape index (κ3) is 2.90. The summed E-state index contributed by atoms with van der Waals surface area (Å²) in [5, 5.41) is 5.73. The molecule has 0 saturated carbocycles. The molecule has 4 heterocycles. The molecule has 1 aromatic carbocycles. The van der Waals surface area contributed by atoms with Crippen LogP contribution in [0, 0.1) is 13.8 Å². The number of aryl methyl sites for hydroxylation is 1. The number of pyridine rings is 1. The molecule has 7 nitrogen and oxygen atoms in total. The van der Waals surface area contributed by atoms with Crippen LogP contribution in [0.2, 0.25) is 0 Å². The second-order valence-corrected chi connectivity index (χ2v) is 7.74. The fourth-order valence-corrected chi connectivity index (χ4v) is 3.83. The molecule has 0 saturated heterocycles. The summed E-state index contributed by atoms with van der Waals surface area (Å²) in [5.41, 5.74) is 7.45. The number of rotatable bonds is 4. The Kier molecular flexibility index (Phi) is 4.24. The Bertz CT molecular complexity index is 1350. The molecule has 0 bridgehead atoms. The van der Waals surface area contributed by atoms with Gasteiger partial charge in [-0.1, -0.05) is 0 Å². The molecule has 0 atom stereocenters. The van der Waals surface area contributed by atoms with Crippen LogP contribution >= 0.6 is 0 Å². The zero-order valence-electron chi connectivity index (χ0n) is 17.5. The van der Waals surface area contributed by atoms with Gasteiger partial charge in [-0.05, 0) is 61.4 Å². The number of anilines is 1. The van der Waals surface area contributed by atoms with Gasteiger partial charge in [-0.25, -0.2) is 14.5 Å². The second kappa shape index (κ2) is 6.95. The summed E-state index contributed by atoms with van der Waals surface area (Å²) in [6.45, 7) is 5.00. The first-order valence-electron chi connectivity index (χ1n) is 9.90. The molecule has 0 spiro atoms. The van der Waals surface area contributed by atoms with Crippen molar-refractivity contribution in [3.8, 4) is 11.4 Å². The highest BCUT2D eigenvalue weighted by atomic mass is 15.3. The normalized spacial score (nSPS) is 11.5. The van der Waals surface area contributed by atoms with Crippen molar-refractivity contribution >= 4 is 22.4 Å². The summed E-state index contributed by atoms with van der Waals surface area (Å²) in [6.07, 6.45) is 5.40. The standard InChI is InChI=1S/C23H23N7/c1-15-16(2)29(13-17-9-11-24-12-10-17)22-20(15)23-26-21(27-30(23)14-25-22)18-5-7-19(8-6-18)28(3)4/h5-12,14H,13H2,1-4H3. The van der Waals surface area contributed by atoms with E-state index in [9.17, 15) is 0 Å². The SMILES string of the molecule is Cc1c(C)n(Cc2ccncc2)c2ncn3nc(-c4ccc(N(C)C)cc4)nc3c12. The van der Waals surface area contributed by atoms with E-state index < -0.39 is 0 Å². The Morgan fingerprint density at radius 3 is 2.37 bits per heavy atom. The van der Waals surface area contributed by atoms with Gasteiger partial charge in [0.05, 0.1) is 5.39 Å². The van der Waals surface area contributed by atoms with Gasteiger partial charge in [0.25, 0.3) is 0 Å². The number of benzene rings is 1. The van der Waals surface area contributed by atoms with Crippen LogP contribution < -0.4 is 4.90 Å². The van der Waals surface area contributed by atoms with Gasteiger partial charge in [-0.15, -0.1) is 5.10 Å². The minimum absolute atomic E-state index is 0.702. The molecule has 0 amide bonds. The highest BCUT2D eigenvalue weighted by molar-refractivity contribution is 5.94. The molecule has 5 aromatic rings. The first kappa shape index (κ1) is 18.3. The van der Waals surface area contributed by atoms with Gasteiger partial charge in [-0.3, -0.25) is 4.98 Å². The molecule has 0 radical (unpaired) electrons. The molecule has 0 aliphatic rings. The summed E-state index contributed by atoms with van der Waals surface area (Å²) in [6, 6.07) is 12.3. The van der Waals surface area contributed by atoms with Crippen molar-refractivity contribution in [1.82, 2.24) is 29.1 Å². The van der Waals surface area contributed by atoms with Gasteiger partial charge >= 0.3 is 0 Å². The largest absolute Gasteiger partial charge is 0.378 e. The van der Waals surface area contributed by atoms with E-state index in [1.54, 1.807) is 10.8 Å². The van der Waals surface area contributed by atoms with E-state index in [1.807, 2.05) is 38.6 Å². The van der Waals surface area contributed by atoms with Crippen molar-refractivity contribution < 1.29 is 0 Å². The predicted molar refractivity (Wildman–Crippen MR) is 119 cm³/mol. The maximum absolute atomic E-state index is 4.88. The first-order valence-corrected chi connectivity index (χ1v) is 9.90. The van der Waals surface area contributed by atoms with Gasteiger partial charge in [0.15, 0.2) is 11.5 Å². The third-order valence-electron chi connectivity index (χ3n) is 5.68. The highest BCUT2D eigenvalue weighted by Crippen LogP contribution is 2.29. The van der Waals surface area contributed by atoms with Gasteiger partial charge < -0.3 is 9.47 Å². The molecule has 4 aromatic heterocycles. The monoisotopic (exact) mass is 397 g/mol. The molecule has 5 rings (SSSR count). The summed E-state index contributed by atoms with van der Waals surface area (Å²) >= 11 is 0. The smallest absolute Gasteiger partial charge is 0.182 e. The van der Waals surface area contributed by atoms with Crippen LogP contribution in [0.1, 0.15) is 16.8 Å². The van der Waals surface area contributed by atoms with Gasteiger partial charge in [-0.2, -0.15) is 0 Å². The minimum Gasteiger partial charge on any atom is -0.378 e. The van der Waals surface area contributed by atoms with Crippen molar-refractivity contribution in [2.75, 3.05) is 19.0 Å². The second-order valence-electron chi connectivity index (χ2n) is 7.74. The summed E-state index contributed by atoms with van der Waals surface area (Å²) in [5.74, 6) is 0.702. The summed E-state index contributed by atoms with van der Waals surface area (Å²) in [4.78, 5) is 15.8. The minimum atomic E-state index is 0.702. The van der Waals surface area contributed by atoms with Crippen molar-refractivity contribution in [3.63, 3.8) is 0 Å². The molecule has 150 valence electrons. The van der Waals surface area contributed by atoms with E-state index in [0.717, 1.165) is 34.5 Å². The van der Waals surface area contributed by atoms with Crippen LogP contribution in [0.4, 0.5) is 5.69 Å². The van der Waals surface area contributed by atoms with Crippen LogP contribution in [-0.2, 0) is 6.54 Å². The van der Waals surface area contributed by atoms with Gasteiger partial charge in [0.1, 0.15) is 12.0 Å². The zero-order valence-corrected chi connectivity index (χ0v) is 17.5. The number of nitrogens with zero attached hydrogens (tertiary/aromatic N) is 7. The fraction of sp³-hybridized carbons (Fsp3) is 0.217. The number of hydrogen-bond acceptors (Lipinski definition) is 5. The summed E-state index contributed by atoms with van der Waals surface area (Å²) in [7, 11) is 4.06. The van der Waals surface area contributed by atoms with Gasteiger partial charge in [0, 0.05) is 50.0 Å². The van der Waals surface area contributed by atoms with E-state index in [2.05, 4.69) is 57.7 Å². The number of aromatic nitrogens is 6. The average Bonchev–Trinajstić information content (AvgIpc) is 3.30. The maximum Gasteiger partial charge on any atom is 0.182 e. The van der Waals surface area contributed by atoms with E-state index in [1.165, 1.54) is 16.8 Å². The van der Waals surface area contributed by atoms with Crippen LogP contribution in [-0.4, -0.2) is 43.2 Å². The maximum atomic E-state index is 4.88. The lowest BCUT2D eigenvalue weighted by atomic mass is 10.2. The Balaban J connectivity index is 1.64. The van der Waals surface area contributed by atoms with E-state index in [-0.39, 0.29) is 0 Å². The molecular weight excluding hydrogens is 374 g/mol. The molecule has 0 N–H and O–H groups in total. The van der Waals surface area contributed by atoms with Crippen molar-refractivity contribution in [2.45, 2.75) is 20.4 Å². The molecule has 0 aliphatic heterocycles. The van der Waals surface area contributed by atoms with Crippen LogP contribution in [0.3, 0.4) is 0 Å². The average molecular weight is 397 g/mol. The summed E-state index contributed by atoms with van der Waals surface area (Å²) < 4.78 is 4.01. The molecule has 0 aliphatic carbocycles. The Hall–Kier alpha value is -3.74. The Morgan fingerprint density at radius 1 is 0.933 bits per heavy atom. The first-order chi connectivity index (χ1) is 14.5.